The van der Waals surface area contributed by atoms with E-state index < -0.39 is 50.8 Å². The van der Waals surface area contributed by atoms with Crippen molar-refractivity contribution < 1.29 is 67.9 Å². The maximum absolute atomic E-state index is 13.0. The molecule has 0 radical (unpaired) electrons. The van der Waals surface area contributed by atoms with Gasteiger partial charge in [0, 0.05) is 119 Å². The number of amides is 6. The van der Waals surface area contributed by atoms with E-state index in [0.29, 0.717) is 64.2 Å². The quantitative estimate of drug-likeness (QED) is 0.0339. The molecule has 0 saturated carbocycles. The van der Waals surface area contributed by atoms with Crippen LogP contribution < -0.4 is 15.4 Å². The number of halogens is 4. The van der Waals surface area contributed by atoms with Crippen molar-refractivity contribution in [1.29, 1.82) is 0 Å². The lowest BCUT2D eigenvalue weighted by atomic mass is 10.1. The van der Waals surface area contributed by atoms with E-state index in [-0.39, 0.29) is 82.8 Å². The van der Waals surface area contributed by atoms with Gasteiger partial charge in [-0.25, -0.2) is 25.6 Å². The highest BCUT2D eigenvalue weighted by molar-refractivity contribution is 7.89. The zero-order chi connectivity index (χ0) is 111. The van der Waals surface area contributed by atoms with Gasteiger partial charge >= 0.3 is 6.43 Å². The van der Waals surface area contributed by atoms with E-state index in [9.17, 15) is 63.2 Å². The van der Waals surface area contributed by atoms with E-state index >= 15 is 0 Å². The number of ether oxygens (including phenoxy) is 1. The Hall–Kier alpha value is -12.5. The van der Waals surface area contributed by atoms with Crippen molar-refractivity contribution >= 4 is 55.5 Å². The highest BCUT2D eigenvalue weighted by Crippen LogP contribution is 2.23. The number of benzene rings is 11. The third-order valence-electron chi connectivity index (χ3n) is 24.3. The first kappa shape index (κ1) is 130. The molecule has 0 saturated heterocycles. The SMILES string of the molecule is CC(C)C(=O)N(CCc1ccccc1)C(C)C.CC(C)N(CCc1ccccc1)C(=O)C(F)F.CC(C)N(CCc1ccccc1)C(=O)CF.CC(C)N(CCc1ccccc1)C(=O)CNCc1ccccc1.CC(C)N(CCc1ccccc1)S(=O)(=O)c1ccc(F)cc1.CC(C)N(CCc1ccccc1)S(C)(=O)=O.CNCC(=O)N(CCc1ccccc1)C(C)C.COc1ccc(C(=O)N(CCc2ccccc2)C(C)C)cc1. The average Bonchev–Trinajstić information content (AvgIpc) is 0.801. The third-order valence-corrected chi connectivity index (χ3v) is 27.8. The Balaban J connectivity index is 0.000000358. The molecule has 0 unspecified atom stereocenters. The smallest absolute Gasteiger partial charge is 0.315 e. The lowest BCUT2D eigenvalue weighted by Crippen LogP contribution is -2.43. The van der Waals surface area contributed by atoms with Crippen LogP contribution in [0.25, 0.3) is 0 Å². The standard InChI is InChI=1S/C20H26N2O.C19H23NO2.C17H20FNO2S.C15H23NO.C14H22N2O.C13H17F2NO.C13H18FNO.C12H19NO2S/c1-17(2)22(14-13-18-9-5-3-6-10-18)20(23)16-21-15-19-11-7-4-8-12-19;1-15(2)20(14-13-16-7-5-4-6-8-16)19(21)17-9-11-18(22-3)12-10-17;1-14(2)19(13-12-15-6-4-3-5-7-15)22(20,21)17-10-8-16(18)9-11-17;1-12(2)15(17)16(13(3)4)11-10-14-8-6-5-7-9-14;1-12(2)16(14(17)11-15-3)10-9-13-7-5-4-6-8-13;1-10(2)16(13(17)12(14)15)9-8-11-6-4-3-5-7-11;1-11(2)15(13(16)10-14)9-8-12-6-4-3-5-7-12;1-11(2)13(16(3,14)15)10-9-12-7-5-4-6-8-12/h3-12,17,21H,13-16H2,1-2H3;4-12,15H,13-14H2,1-3H3;3-11,14H,12-13H2,1-2H3;5-9,12-13H,10-11H2,1-4H3;4-8,12,15H,9-11H2,1-3H3;3-7,10,12H,8-9H2,1-2H3;3-7,11H,8-10H2,1-2H3;4-8,11H,9-10H2,1-3H3. The van der Waals surface area contributed by atoms with Gasteiger partial charge in [-0.2, -0.15) is 17.4 Å². The Morgan fingerprint density at radius 1 is 0.307 bits per heavy atom. The van der Waals surface area contributed by atoms with Crippen molar-refractivity contribution in [3.8, 4) is 5.75 Å². The van der Waals surface area contributed by atoms with Gasteiger partial charge in [0.25, 0.3) is 17.7 Å². The molecule has 2 N–H and O–H groups in total. The molecule has 11 aromatic rings. The fraction of sp³-hybridized carbons (Fsp3) is 0.415. The van der Waals surface area contributed by atoms with Crippen molar-refractivity contribution in [2.45, 2.75) is 242 Å². The predicted octanol–water partition coefficient (Wildman–Crippen LogP) is 22.4. The number of sulfonamides is 2. The molecule has 0 aliphatic carbocycles. The van der Waals surface area contributed by atoms with Crippen LogP contribution in [-0.2, 0) is 102 Å². The first-order chi connectivity index (χ1) is 71.4. The Morgan fingerprint density at radius 3 is 0.827 bits per heavy atom. The molecular weight excluding hydrogens is 1930 g/mol. The minimum Gasteiger partial charge on any atom is -0.497 e. The zero-order valence-corrected chi connectivity index (χ0v) is 94.0. The summed E-state index contributed by atoms with van der Waals surface area (Å²) in [5.41, 5.74) is 11.4. The molecule has 0 heterocycles. The fourth-order valence-electron chi connectivity index (χ4n) is 15.9. The third kappa shape index (κ3) is 51.3. The van der Waals surface area contributed by atoms with Crippen LogP contribution in [0, 0.1) is 11.7 Å². The van der Waals surface area contributed by atoms with Gasteiger partial charge in [0.05, 0.1) is 31.4 Å². The normalized spacial score (nSPS) is 11.1. The Morgan fingerprint density at radius 2 is 0.567 bits per heavy atom. The largest absolute Gasteiger partial charge is 0.497 e. The molecule has 21 nitrogen and oxygen atoms in total. The first-order valence-electron chi connectivity index (χ1n) is 52.2. The molecule has 11 aromatic carbocycles. The lowest BCUT2D eigenvalue weighted by molar-refractivity contribution is -0.144. The maximum Gasteiger partial charge on any atom is 0.315 e. The molecule has 0 bridgehead atoms. The number of hydrogen-bond acceptors (Lipinski definition) is 13. The molecule has 816 valence electrons. The van der Waals surface area contributed by atoms with Crippen molar-refractivity contribution in [2.75, 3.05) is 92.5 Å². The highest BCUT2D eigenvalue weighted by Gasteiger charge is 2.30. The van der Waals surface area contributed by atoms with E-state index in [1.165, 1.54) is 77.4 Å². The monoisotopic (exact) mass is 2100 g/mol. The van der Waals surface area contributed by atoms with Gasteiger partial charge in [-0.05, 0) is 268 Å². The van der Waals surface area contributed by atoms with Crippen molar-refractivity contribution in [1.82, 2.24) is 48.6 Å². The number of rotatable bonds is 46. The summed E-state index contributed by atoms with van der Waals surface area (Å²) >= 11 is 0. The maximum atomic E-state index is 13.0. The molecule has 0 aliphatic rings. The fourth-order valence-corrected chi connectivity index (χ4v) is 18.7. The molecule has 0 spiro atoms. The summed E-state index contributed by atoms with van der Waals surface area (Å²) in [7, 11) is -3.30. The number of methoxy groups -OCH3 is 1. The topological polar surface area (TPSA) is 230 Å². The molecule has 0 fully saturated rings. The average molecular weight is 2100 g/mol. The molecule has 6 amide bonds. The number of carbonyl (C=O) groups is 6. The van der Waals surface area contributed by atoms with Gasteiger partial charge in [0.1, 0.15) is 11.6 Å². The number of nitrogens with zero attached hydrogens (tertiary/aromatic N) is 8. The molecule has 0 atom stereocenters. The molecular formula is C123H168F4N10O11S2. The summed E-state index contributed by atoms with van der Waals surface area (Å²) in [6, 6.07) is 103. The Kier molecular flexibility index (Phi) is 62.3. The van der Waals surface area contributed by atoms with Crippen LogP contribution in [0.2, 0.25) is 0 Å². The van der Waals surface area contributed by atoms with Gasteiger partial charge in [-0.3, -0.25) is 28.8 Å². The predicted molar refractivity (Wildman–Crippen MR) is 606 cm³/mol. The summed E-state index contributed by atoms with van der Waals surface area (Å²) in [6.45, 7) is 40.6. The van der Waals surface area contributed by atoms with Gasteiger partial charge < -0.3 is 44.8 Å². The molecule has 150 heavy (non-hydrogen) atoms. The summed E-state index contributed by atoms with van der Waals surface area (Å²) in [5.74, 6) is -0.485. The second-order valence-corrected chi connectivity index (χ2v) is 42.7. The van der Waals surface area contributed by atoms with E-state index in [1.54, 1.807) is 32.9 Å². The van der Waals surface area contributed by atoms with Crippen LogP contribution in [0.15, 0.2) is 326 Å². The van der Waals surface area contributed by atoms with Crippen molar-refractivity contribution in [3.63, 3.8) is 0 Å². The summed E-state index contributed by atoms with van der Waals surface area (Å²) < 4.78 is 107. The summed E-state index contributed by atoms with van der Waals surface area (Å²) in [5, 5.41) is 6.15. The zero-order valence-electron chi connectivity index (χ0n) is 92.4. The Labute approximate surface area is 895 Å². The van der Waals surface area contributed by atoms with Crippen LogP contribution in [0.3, 0.4) is 0 Å². The van der Waals surface area contributed by atoms with E-state index in [4.69, 9.17) is 4.74 Å². The van der Waals surface area contributed by atoms with Crippen LogP contribution in [-0.4, -0.2) is 238 Å². The second-order valence-electron chi connectivity index (χ2n) is 38.8. The molecule has 0 aliphatic heterocycles. The second kappa shape index (κ2) is 72.1. The molecule has 27 heteroatoms. The number of likely N-dealkylation sites (N-methyl/N-ethyl adjacent to an activating group) is 1. The van der Waals surface area contributed by atoms with E-state index in [2.05, 4.69) is 113 Å². The van der Waals surface area contributed by atoms with Crippen molar-refractivity contribution in [3.05, 3.63) is 383 Å². The molecule has 11 rings (SSSR count). The lowest BCUT2D eigenvalue weighted by Gasteiger charge is -2.28. The summed E-state index contributed by atoms with van der Waals surface area (Å²) in [6.07, 6.45) is 4.69. The minimum absolute atomic E-state index is 0.0127. The van der Waals surface area contributed by atoms with Crippen molar-refractivity contribution in [2.24, 2.45) is 5.92 Å². The highest BCUT2D eigenvalue weighted by atomic mass is 32.2. The van der Waals surface area contributed by atoms with Gasteiger partial charge in [0.15, 0.2) is 6.67 Å². The number of carbonyl (C=O) groups excluding carboxylic acids is 6. The van der Waals surface area contributed by atoms with E-state index in [1.807, 2.05) is 325 Å². The number of nitrogens with one attached hydrogen (secondary N) is 2. The van der Waals surface area contributed by atoms with Gasteiger partial charge in [-0.15, -0.1) is 0 Å². The van der Waals surface area contributed by atoms with Crippen LogP contribution in [0.5, 0.6) is 5.75 Å². The Bertz CT molecular complexity index is 5680. The van der Waals surface area contributed by atoms with Crippen LogP contribution >= 0.6 is 0 Å². The minimum atomic E-state index is -3.62. The number of hydrogen-bond donors (Lipinski definition) is 2. The molecule has 0 aromatic heterocycles. The van der Waals surface area contributed by atoms with Gasteiger partial charge in [-0.1, -0.05) is 287 Å². The number of alkyl halides is 3. The van der Waals surface area contributed by atoms with Crippen LogP contribution in [0.1, 0.15) is 185 Å². The first-order valence-corrected chi connectivity index (χ1v) is 55.5. The summed E-state index contributed by atoms with van der Waals surface area (Å²) in [4.78, 5) is 82.3. The van der Waals surface area contributed by atoms with Crippen LogP contribution in [0.4, 0.5) is 17.6 Å². The van der Waals surface area contributed by atoms with E-state index in [0.717, 1.165) is 87.1 Å². The van der Waals surface area contributed by atoms with Gasteiger partial charge in [0.2, 0.25) is 37.8 Å².